The number of carboxylic acid groups (broad SMARTS) is 1. The SMILES string of the molecule is O=C(NCC1CCSC1)Nc1ccc(C(=O)O)c(O)c1. The van der Waals surface area contributed by atoms with Crippen molar-refractivity contribution in [1.82, 2.24) is 5.32 Å². The molecule has 0 radical (unpaired) electrons. The molecule has 1 fully saturated rings. The molecule has 1 aliphatic rings. The van der Waals surface area contributed by atoms with E-state index in [-0.39, 0.29) is 17.3 Å². The van der Waals surface area contributed by atoms with Crippen molar-refractivity contribution in [2.24, 2.45) is 5.92 Å². The van der Waals surface area contributed by atoms with E-state index in [0.717, 1.165) is 17.9 Å². The molecule has 7 heteroatoms. The lowest BCUT2D eigenvalue weighted by atomic mass is 10.1. The number of aromatic hydroxyl groups is 1. The van der Waals surface area contributed by atoms with E-state index in [1.54, 1.807) is 0 Å². The summed E-state index contributed by atoms with van der Waals surface area (Å²) in [6.07, 6.45) is 1.11. The molecule has 20 heavy (non-hydrogen) atoms. The van der Waals surface area contributed by atoms with Crippen LogP contribution in [0.2, 0.25) is 0 Å². The van der Waals surface area contributed by atoms with Gasteiger partial charge in [0, 0.05) is 18.3 Å². The molecule has 1 unspecified atom stereocenters. The second kappa shape index (κ2) is 6.51. The van der Waals surface area contributed by atoms with Crippen LogP contribution < -0.4 is 10.6 Å². The molecule has 2 amide bonds. The summed E-state index contributed by atoms with van der Waals surface area (Å²) in [6.45, 7) is 0.623. The number of anilines is 1. The van der Waals surface area contributed by atoms with Gasteiger partial charge in [-0.25, -0.2) is 9.59 Å². The normalized spacial score (nSPS) is 17.7. The number of rotatable bonds is 4. The third kappa shape index (κ3) is 3.80. The molecule has 1 saturated heterocycles. The van der Waals surface area contributed by atoms with Crippen molar-refractivity contribution in [3.63, 3.8) is 0 Å². The molecular formula is C13H16N2O4S. The van der Waals surface area contributed by atoms with Crippen LogP contribution in [0.15, 0.2) is 18.2 Å². The van der Waals surface area contributed by atoms with Crippen LogP contribution in [0.5, 0.6) is 5.75 Å². The predicted octanol–water partition coefficient (Wildman–Crippen LogP) is 1.96. The number of hydrogen-bond acceptors (Lipinski definition) is 4. The van der Waals surface area contributed by atoms with Crippen molar-refractivity contribution >= 4 is 29.4 Å². The summed E-state index contributed by atoms with van der Waals surface area (Å²) in [5.41, 5.74) is 0.157. The lowest BCUT2D eigenvalue weighted by Crippen LogP contribution is -2.33. The summed E-state index contributed by atoms with van der Waals surface area (Å²) in [6, 6.07) is 3.55. The molecule has 1 heterocycles. The zero-order valence-corrected chi connectivity index (χ0v) is 11.6. The van der Waals surface area contributed by atoms with E-state index in [0.29, 0.717) is 18.2 Å². The summed E-state index contributed by atoms with van der Waals surface area (Å²) in [5.74, 6) is 1.13. The van der Waals surface area contributed by atoms with Gasteiger partial charge in [0.15, 0.2) is 0 Å². The maximum Gasteiger partial charge on any atom is 0.339 e. The van der Waals surface area contributed by atoms with Crippen molar-refractivity contribution in [2.45, 2.75) is 6.42 Å². The lowest BCUT2D eigenvalue weighted by molar-refractivity contribution is 0.0694. The molecule has 1 atom stereocenters. The van der Waals surface area contributed by atoms with Gasteiger partial charge in [0.1, 0.15) is 11.3 Å². The Morgan fingerprint density at radius 3 is 2.80 bits per heavy atom. The topological polar surface area (TPSA) is 98.7 Å². The number of phenols is 1. The first kappa shape index (κ1) is 14.5. The zero-order chi connectivity index (χ0) is 14.5. The summed E-state index contributed by atoms with van der Waals surface area (Å²) in [4.78, 5) is 22.4. The number of carboxylic acids is 1. The van der Waals surface area contributed by atoms with Crippen molar-refractivity contribution in [1.29, 1.82) is 0 Å². The fourth-order valence-corrected chi connectivity index (χ4v) is 3.23. The average Bonchev–Trinajstić information content (AvgIpc) is 2.89. The van der Waals surface area contributed by atoms with Crippen LogP contribution in [-0.2, 0) is 0 Å². The molecule has 108 valence electrons. The maximum atomic E-state index is 11.7. The number of nitrogens with one attached hydrogen (secondary N) is 2. The van der Waals surface area contributed by atoms with E-state index in [1.165, 1.54) is 18.2 Å². The largest absolute Gasteiger partial charge is 0.507 e. The Labute approximate surface area is 120 Å². The Hall–Kier alpha value is -1.89. The van der Waals surface area contributed by atoms with E-state index in [2.05, 4.69) is 10.6 Å². The highest BCUT2D eigenvalue weighted by molar-refractivity contribution is 7.99. The van der Waals surface area contributed by atoms with Crippen molar-refractivity contribution in [3.05, 3.63) is 23.8 Å². The summed E-state index contributed by atoms with van der Waals surface area (Å²) >= 11 is 1.88. The molecule has 0 aromatic heterocycles. The second-order valence-corrected chi connectivity index (χ2v) is 5.75. The number of thioether (sulfide) groups is 1. The molecule has 1 aromatic carbocycles. The van der Waals surface area contributed by atoms with Crippen LogP contribution in [0.25, 0.3) is 0 Å². The average molecular weight is 296 g/mol. The minimum absolute atomic E-state index is 0.195. The van der Waals surface area contributed by atoms with Gasteiger partial charge in [0.05, 0.1) is 0 Å². The highest BCUT2D eigenvalue weighted by Gasteiger charge is 2.16. The maximum absolute atomic E-state index is 11.7. The van der Waals surface area contributed by atoms with Crippen LogP contribution in [0, 0.1) is 5.92 Å². The Morgan fingerprint density at radius 2 is 2.20 bits per heavy atom. The Kier molecular flexibility index (Phi) is 4.73. The second-order valence-electron chi connectivity index (χ2n) is 4.60. The first-order valence-corrected chi connectivity index (χ1v) is 7.40. The monoisotopic (exact) mass is 296 g/mol. The van der Waals surface area contributed by atoms with Crippen LogP contribution in [-0.4, -0.2) is 40.3 Å². The highest BCUT2D eigenvalue weighted by atomic mass is 32.2. The number of aromatic carboxylic acids is 1. The van der Waals surface area contributed by atoms with Gasteiger partial charge in [0.2, 0.25) is 0 Å². The Bertz CT molecular complexity index is 515. The number of amides is 2. The lowest BCUT2D eigenvalue weighted by Gasteiger charge is -2.11. The fraction of sp³-hybridized carbons (Fsp3) is 0.385. The van der Waals surface area contributed by atoms with Gasteiger partial charge >= 0.3 is 12.0 Å². The summed E-state index contributed by atoms with van der Waals surface area (Å²) < 4.78 is 0. The minimum atomic E-state index is -1.21. The van der Waals surface area contributed by atoms with E-state index < -0.39 is 5.97 Å². The summed E-state index contributed by atoms with van der Waals surface area (Å²) in [7, 11) is 0. The van der Waals surface area contributed by atoms with Crippen LogP contribution >= 0.6 is 11.8 Å². The van der Waals surface area contributed by atoms with Crippen LogP contribution in [0.4, 0.5) is 10.5 Å². The molecule has 0 bridgehead atoms. The van der Waals surface area contributed by atoms with E-state index in [9.17, 15) is 14.7 Å². The molecule has 0 spiro atoms. The van der Waals surface area contributed by atoms with Gasteiger partial charge in [-0.1, -0.05) is 0 Å². The molecule has 6 nitrogen and oxygen atoms in total. The number of carbonyl (C=O) groups excluding carboxylic acids is 1. The summed E-state index contributed by atoms with van der Waals surface area (Å²) in [5, 5.41) is 23.6. The highest BCUT2D eigenvalue weighted by Crippen LogP contribution is 2.23. The van der Waals surface area contributed by atoms with Gasteiger partial charge in [-0.05, 0) is 36.0 Å². The molecule has 2 rings (SSSR count). The van der Waals surface area contributed by atoms with Crippen molar-refractivity contribution in [2.75, 3.05) is 23.4 Å². The van der Waals surface area contributed by atoms with Gasteiger partial charge in [0.25, 0.3) is 0 Å². The fourth-order valence-electron chi connectivity index (χ4n) is 1.95. The smallest absolute Gasteiger partial charge is 0.339 e. The molecule has 0 saturated carbocycles. The Morgan fingerprint density at radius 1 is 1.40 bits per heavy atom. The van der Waals surface area contributed by atoms with Gasteiger partial charge in [-0.15, -0.1) is 0 Å². The first-order chi connectivity index (χ1) is 9.56. The third-order valence-corrected chi connectivity index (χ3v) is 4.29. The molecule has 1 aromatic rings. The zero-order valence-electron chi connectivity index (χ0n) is 10.8. The van der Waals surface area contributed by atoms with E-state index in [1.807, 2.05) is 11.8 Å². The van der Waals surface area contributed by atoms with Gasteiger partial charge in [-0.2, -0.15) is 11.8 Å². The minimum Gasteiger partial charge on any atom is -0.507 e. The predicted molar refractivity (Wildman–Crippen MR) is 77.5 cm³/mol. The van der Waals surface area contributed by atoms with E-state index >= 15 is 0 Å². The standard InChI is InChI=1S/C13H16N2O4S/c16-11-5-9(1-2-10(11)12(17)18)15-13(19)14-6-8-3-4-20-7-8/h1-2,5,8,16H,3-4,6-7H2,(H,17,18)(H2,14,15,19). The molecular weight excluding hydrogens is 280 g/mol. The number of hydrogen-bond donors (Lipinski definition) is 4. The third-order valence-electron chi connectivity index (χ3n) is 3.06. The number of urea groups is 1. The first-order valence-electron chi connectivity index (χ1n) is 6.25. The molecule has 4 N–H and O–H groups in total. The van der Waals surface area contributed by atoms with Gasteiger partial charge < -0.3 is 20.8 Å². The quantitative estimate of drug-likeness (QED) is 0.681. The van der Waals surface area contributed by atoms with Gasteiger partial charge in [-0.3, -0.25) is 0 Å². The number of benzene rings is 1. The van der Waals surface area contributed by atoms with Crippen LogP contribution in [0.3, 0.4) is 0 Å². The van der Waals surface area contributed by atoms with Crippen molar-refractivity contribution in [3.8, 4) is 5.75 Å². The van der Waals surface area contributed by atoms with Crippen molar-refractivity contribution < 1.29 is 19.8 Å². The van der Waals surface area contributed by atoms with E-state index in [4.69, 9.17) is 5.11 Å². The van der Waals surface area contributed by atoms with Crippen LogP contribution in [0.1, 0.15) is 16.8 Å². The Balaban J connectivity index is 1.87. The molecule has 0 aliphatic carbocycles. The number of carbonyl (C=O) groups is 2. The molecule has 1 aliphatic heterocycles.